The first kappa shape index (κ1) is 14.5. The Balaban J connectivity index is 2.91. The van der Waals surface area contributed by atoms with Crippen molar-refractivity contribution >= 4 is 16.6 Å². The number of alkyl halides is 3. The van der Waals surface area contributed by atoms with Crippen LogP contribution in [0.2, 0.25) is 0 Å². The van der Waals surface area contributed by atoms with Crippen molar-refractivity contribution < 1.29 is 22.0 Å². The summed E-state index contributed by atoms with van der Waals surface area (Å²) in [7, 11) is 0. The van der Waals surface area contributed by atoms with E-state index in [1.807, 2.05) is 0 Å². The number of benzene rings is 1. The van der Waals surface area contributed by atoms with E-state index >= 15 is 0 Å². The molecular formula is C13H11F5N2. The number of fused-ring (bicyclic) bond motifs is 1. The quantitative estimate of drug-likeness (QED) is 0.835. The van der Waals surface area contributed by atoms with Gasteiger partial charge in [-0.2, -0.15) is 13.2 Å². The summed E-state index contributed by atoms with van der Waals surface area (Å²) < 4.78 is 65.6. The van der Waals surface area contributed by atoms with Gasteiger partial charge in [-0.3, -0.25) is 0 Å². The molecule has 0 aliphatic rings. The molecule has 7 heteroatoms. The van der Waals surface area contributed by atoms with Gasteiger partial charge in [-0.25, -0.2) is 13.8 Å². The lowest BCUT2D eigenvalue weighted by Crippen LogP contribution is -2.14. The van der Waals surface area contributed by atoms with E-state index in [1.165, 1.54) is 13.0 Å². The van der Waals surface area contributed by atoms with Gasteiger partial charge in [-0.05, 0) is 26.0 Å². The van der Waals surface area contributed by atoms with Gasteiger partial charge in [0, 0.05) is 23.2 Å². The summed E-state index contributed by atoms with van der Waals surface area (Å²) in [6.07, 6.45) is -4.73. The molecule has 1 aromatic heterocycles. The molecule has 0 aliphatic carbocycles. The first-order valence-electron chi connectivity index (χ1n) is 5.86. The summed E-state index contributed by atoms with van der Waals surface area (Å²) in [5.74, 6) is -2.61. The smallest absolute Gasteiger partial charge is 0.385 e. The SMILES string of the molecule is CCNc1c(C)c(C(F)(F)F)nc2c(F)c(F)ccc12. The molecule has 0 bridgehead atoms. The topological polar surface area (TPSA) is 24.9 Å². The predicted molar refractivity (Wildman–Crippen MR) is 65.6 cm³/mol. The molecule has 0 radical (unpaired) electrons. The molecule has 108 valence electrons. The average molecular weight is 290 g/mol. The van der Waals surface area contributed by atoms with E-state index in [0.717, 1.165) is 6.07 Å². The van der Waals surface area contributed by atoms with Crippen LogP contribution in [-0.4, -0.2) is 11.5 Å². The zero-order chi connectivity index (χ0) is 15.1. The van der Waals surface area contributed by atoms with Gasteiger partial charge in [0.1, 0.15) is 11.2 Å². The zero-order valence-electron chi connectivity index (χ0n) is 10.7. The van der Waals surface area contributed by atoms with Gasteiger partial charge >= 0.3 is 6.18 Å². The highest BCUT2D eigenvalue weighted by atomic mass is 19.4. The first-order valence-corrected chi connectivity index (χ1v) is 5.86. The Morgan fingerprint density at radius 3 is 2.40 bits per heavy atom. The van der Waals surface area contributed by atoms with E-state index in [9.17, 15) is 22.0 Å². The standard InChI is InChI=1S/C13H11F5N2/c1-3-19-10-6(2)12(13(16,17)18)20-11-7(10)4-5-8(14)9(11)15/h4-5H,3H2,1-2H3,(H,19,20). The number of aromatic nitrogens is 1. The van der Waals surface area contributed by atoms with Crippen molar-refractivity contribution in [1.29, 1.82) is 0 Å². The Labute approximate surface area is 111 Å². The lowest BCUT2D eigenvalue weighted by Gasteiger charge is -2.17. The normalized spacial score (nSPS) is 11.9. The molecule has 2 rings (SSSR count). The highest BCUT2D eigenvalue weighted by molar-refractivity contribution is 5.93. The van der Waals surface area contributed by atoms with E-state index in [2.05, 4.69) is 10.3 Å². The fourth-order valence-corrected chi connectivity index (χ4v) is 2.05. The van der Waals surface area contributed by atoms with E-state index in [0.29, 0.717) is 6.54 Å². The Hall–Kier alpha value is -1.92. The molecule has 1 heterocycles. The van der Waals surface area contributed by atoms with Crippen molar-refractivity contribution in [2.24, 2.45) is 0 Å². The van der Waals surface area contributed by atoms with Crippen molar-refractivity contribution in [3.63, 3.8) is 0 Å². The van der Waals surface area contributed by atoms with Crippen molar-refractivity contribution in [3.05, 3.63) is 35.0 Å². The van der Waals surface area contributed by atoms with Crippen LogP contribution < -0.4 is 5.32 Å². The lowest BCUT2D eigenvalue weighted by molar-refractivity contribution is -0.141. The van der Waals surface area contributed by atoms with Crippen LogP contribution >= 0.6 is 0 Å². The number of nitrogens with one attached hydrogen (secondary N) is 1. The second-order valence-electron chi connectivity index (χ2n) is 4.25. The van der Waals surface area contributed by atoms with Crippen LogP contribution in [0.5, 0.6) is 0 Å². The summed E-state index contributed by atoms with van der Waals surface area (Å²) in [5, 5.41) is 2.87. The average Bonchev–Trinajstić information content (AvgIpc) is 2.35. The van der Waals surface area contributed by atoms with Crippen molar-refractivity contribution in [1.82, 2.24) is 4.98 Å². The molecule has 2 nitrogen and oxygen atoms in total. The van der Waals surface area contributed by atoms with Gasteiger partial charge < -0.3 is 5.32 Å². The third-order valence-corrected chi connectivity index (χ3v) is 2.91. The van der Waals surface area contributed by atoms with Crippen LogP contribution in [-0.2, 0) is 6.18 Å². The minimum absolute atomic E-state index is 0.115. The molecule has 0 fully saturated rings. The Morgan fingerprint density at radius 1 is 1.20 bits per heavy atom. The van der Waals surface area contributed by atoms with Gasteiger partial charge in [-0.1, -0.05) is 0 Å². The second kappa shape index (κ2) is 4.88. The maximum atomic E-state index is 13.7. The predicted octanol–water partition coefficient (Wildman–Crippen LogP) is 4.27. The van der Waals surface area contributed by atoms with Crippen LogP contribution in [0.1, 0.15) is 18.2 Å². The largest absolute Gasteiger partial charge is 0.433 e. The van der Waals surface area contributed by atoms with Gasteiger partial charge in [0.15, 0.2) is 11.6 Å². The molecule has 0 unspecified atom stereocenters. The van der Waals surface area contributed by atoms with Crippen LogP contribution in [0.3, 0.4) is 0 Å². The van der Waals surface area contributed by atoms with Crippen molar-refractivity contribution in [2.75, 3.05) is 11.9 Å². The van der Waals surface area contributed by atoms with Crippen LogP contribution in [0.25, 0.3) is 10.9 Å². The minimum Gasteiger partial charge on any atom is -0.385 e. The molecule has 0 aliphatic heterocycles. The highest BCUT2D eigenvalue weighted by Gasteiger charge is 2.36. The summed E-state index contributed by atoms with van der Waals surface area (Å²) in [4.78, 5) is 3.27. The monoisotopic (exact) mass is 290 g/mol. The number of anilines is 1. The maximum absolute atomic E-state index is 13.7. The van der Waals surface area contributed by atoms with Gasteiger partial charge in [0.05, 0.1) is 0 Å². The minimum atomic E-state index is -4.73. The second-order valence-corrected chi connectivity index (χ2v) is 4.25. The number of halogens is 5. The molecule has 0 amide bonds. The summed E-state index contributed by atoms with van der Waals surface area (Å²) in [5.41, 5.74) is -1.87. The Bertz CT molecular complexity index is 664. The summed E-state index contributed by atoms with van der Waals surface area (Å²) in [6, 6.07) is 2.08. The van der Waals surface area contributed by atoms with Gasteiger partial charge in [-0.15, -0.1) is 0 Å². The summed E-state index contributed by atoms with van der Waals surface area (Å²) >= 11 is 0. The molecule has 0 spiro atoms. The Kier molecular flexibility index (Phi) is 3.54. The zero-order valence-corrected chi connectivity index (χ0v) is 10.7. The Morgan fingerprint density at radius 2 is 1.85 bits per heavy atom. The van der Waals surface area contributed by atoms with Crippen molar-refractivity contribution in [2.45, 2.75) is 20.0 Å². The molecule has 0 saturated heterocycles. The van der Waals surface area contributed by atoms with E-state index < -0.39 is 29.0 Å². The number of pyridine rings is 1. The lowest BCUT2D eigenvalue weighted by atomic mass is 10.1. The first-order chi connectivity index (χ1) is 9.27. The number of nitrogens with zero attached hydrogens (tertiary/aromatic N) is 1. The molecule has 2 aromatic rings. The number of hydrogen-bond donors (Lipinski definition) is 1. The van der Waals surface area contributed by atoms with Crippen LogP contribution in [0.15, 0.2) is 12.1 Å². The molecule has 0 saturated carbocycles. The fraction of sp³-hybridized carbons (Fsp3) is 0.308. The molecule has 1 N–H and O–H groups in total. The van der Waals surface area contributed by atoms with Crippen molar-refractivity contribution in [3.8, 4) is 0 Å². The molecule has 20 heavy (non-hydrogen) atoms. The van der Waals surface area contributed by atoms with E-state index in [4.69, 9.17) is 0 Å². The third-order valence-electron chi connectivity index (χ3n) is 2.91. The van der Waals surface area contributed by atoms with Gasteiger partial charge in [0.2, 0.25) is 0 Å². The molecule has 0 atom stereocenters. The van der Waals surface area contributed by atoms with E-state index in [1.54, 1.807) is 6.92 Å². The van der Waals surface area contributed by atoms with E-state index in [-0.39, 0.29) is 16.6 Å². The van der Waals surface area contributed by atoms with Crippen LogP contribution in [0, 0.1) is 18.6 Å². The van der Waals surface area contributed by atoms with Gasteiger partial charge in [0.25, 0.3) is 0 Å². The fourth-order valence-electron chi connectivity index (χ4n) is 2.05. The molecular weight excluding hydrogens is 279 g/mol. The number of rotatable bonds is 2. The number of hydrogen-bond acceptors (Lipinski definition) is 2. The third kappa shape index (κ3) is 2.28. The maximum Gasteiger partial charge on any atom is 0.433 e. The highest BCUT2D eigenvalue weighted by Crippen LogP contribution is 2.37. The van der Waals surface area contributed by atoms with Crippen LogP contribution in [0.4, 0.5) is 27.6 Å². The molecule has 1 aromatic carbocycles. The summed E-state index contributed by atoms with van der Waals surface area (Å²) in [6.45, 7) is 3.28.